The number of aromatic nitrogens is 3. The van der Waals surface area contributed by atoms with Crippen LogP contribution in [0.1, 0.15) is 22.6 Å². The zero-order chi connectivity index (χ0) is 14.7. The fraction of sp³-hybridized carbons (Fsp3) is 0.231. The molecule has 2 aromatic heterocycles. The second-order valence-electron chi connectivity index (χ2n) is 4.39. The molecule has 0 radical (unpaired) electrons. The zero-order valence-electron chi connectivity index (χ0n) is 11.5. The fourth-order valence-electron chi connectivity index (χ4n) is 1.72. The minimum atomic E-state index is -0.0364. The Hall–Kier alpha value is -2.15. The SMILES string of the molecule is Cc1cc(C)nc(Sc2nc(C)cc(/C(N)=N/O)n2)c1. The van der Waals surface area contributed by atoms with E-state index in [2.05, 4.69) is 20.1 Å². The Kier molecular flexibility index (Phi) is 4.19. The van der Waals surface area contributed by atoms with Crippen molar-refractivity contribution in [2.45, 2.75) is 31.0 Å². The van der Waals surface area contributed by atoms with Crippen LogP contribution < -0.4 is 5.73 Å². The van der Waals surface area contributed by atoms with Gasteiger partial charge in [-0.05, 0) is 56.3 Å². The van der Waals surface area contributed by atoms with Crippen LogP contribution in [0.5, 0.6) is 0 Å². The van der Waals surface area contributed by atoms with Gasteiger partial charge in [0.25, 0.3) is 0 Å². The molecule has 3 N–H and O–H groups in total. The Morgan fingerprint density at radius 3 is 2.45 bits per heavy atom. The van der Waals surface area contributed by atoms with Crippen molar-refractivity contribution in [2.24, 2.45) is 10.9 Å². The summed E-state index contributed by atoms with van der Waals surface area (Å²) in [7, 11) is 0. The van der Waals surface area contributed by atoms with Gasteiger partial charge in [0.05, 0.1) is 0 Å². The maximum absolute atomic E-state index is 8.72. The Morgan fingerprint density at radius 2 is 1.80 bits per heavy atom. The molecule has 0 saturated heterocycles. The number of oxime groups is 1. The summed E-state index contributed by atoms with van der Waals surface area (Å²) in [6, 6.07) is 5.63. The molecule has 7 heteroatoms. The van der Waals surface area contributed by atoms with Gasteiger partial charge in [-0.15, -0.1) is 0 Å². The van der Waals surface area contributed by atoms with Crippen molar-refractivity contribution in [1.29, 1.82) is 0 Å². The molecular weight excluding hydrogens is 274 g/mol. The number of nitrogens with two attached hydrogens (primary N) is 1. The van der Waals surface area contributed by atoms with E-state index in [0.717, 1.165) is 22.0 Å². The highest BCUT2D eigenvalue weighted by Crippen LogP contribution is 2.24. The van der Waals surface area contributed by atoms with Crippen molar-refractivity contribution in [2.75, 3.05) is 0 Å². The first-order valence-electron chi connectivity index (χ1n) is 5.94. The van der Waals surface area contributed by atoms with E-state index in [1.807, 2.05) is 32.9 Å². The molecule has 20 heavy (non-hydrogen) atoms. The van der Waals surface area contributed by atoms with E-state index in [9.17, 15) is 0 Å². The number of hydrogen-bond donors (Lipinski definition) is 2. The molecule has 6 nitrogen and oxygen atoms in total. The van der Waals surface area contributed by atoms with Crippen LogP contribution in [0.2, 0.25) is 0 Å². The largest absolute Gasteiger partial charge is 0.409 e. The molecule has 0 saturated carbocycles. The van der Waals surface area contributed by atoms with E-state index in [4.69, 9.17) is 10.9 Å². The summed E-state index contributed by atoms with van der Waals surface area (Å²) in [5, 5.41) is 13.0. The van der Waals surface area contributed by atoms with Crippen LogP contribution in [0.3, 0.4) is 0 Å². The van der Waals surface area contributed by atoms with Crippen LogP contribution >= 0.6 is 11.8 Å². The van der Waals surface area contributed by atoms with Gasteiger partial charge in [-0.1, -0.05) is 5.16 Å². The average Bonchev–Trinajstić information content (AvgIpc) is 2.35. The van der Waals surface area contributed by atoms with Gasteiger partial charge in [0.15, 0.2) is 11.0 Å². The Labute approximate surface area is 121 Å². The van der Waals surface area contributed by atoms with Crippen LogP contribution in [-0.2, 0) is 0 Å². The first kappa shape index (κ1) is 14.3. The topological polar surface area (TPSA) is 97.3 Å². The smallest absolute Gasteiger partial charge is 0.194 e. The van der Waals surface area contributed by atoms with Crippen molar-refractivity contribution < 1.29 is 5.21 Å². The number of amidine groups is 1. The molecule has 2 rings (SSSR count). The maximum atomic E-state index is 8.72. The van der Waals surface area contributed by atoms with E-state index >= 15 is 0 Å². The van der Waals surface area contributed by atoms with Crippen molar-refractivity contribution in [3.05, 3.63) is 40.8 Å². The van der Waals surface area contributed by atoms with E-state index in [1.54, 1.807) is 6.07 Å². The van der Waals surface area contributed by atoms with Crippen molar-refractivity contribution in [1.82, 2.24) is 15.0 Å². The van der Waals surface area contributed by atoms with Gasteiger partial charge in [-0.25, -0.2) is 15.0 Å². The minimum absolute atomic E-state index is 0.0364. The van der Waals surface area contributed by atoms with Crippen molar-refractivity contribution in [3.63, 3.8) is 0 Å². The number of hydrogen-bond acceptors (Lipinski definition) is 6. The second kappa shape index (κ2) is 5.87. The lowest BCUT2D eigenvalue weighted by atomic mass is 10.3. The lowest BCUT2D eigenvalue weighted by Gasteiger charge is -2.05. The standard InChI is InChI=1S/C13H15N5OS/c1-7-4-8(2)15-11(5-7)20-13-16-9(3)6-10(17-13)12(14)18-19/h4-6,19H,1-3H3,(H2,14,18). The zero-order valence-corrected chi connectivity index (χ0v) is 12.3. The Morgan fingerprint density at radius 1 is 1.10 bits per heavy atom. The third kappa shape index (κ3) is 3.45. The molecule has 2 heterocycles. The molecule has 0 bridgehead atoms. The first-order chi connectivity index (χ1) is 9.47. The number of aryl methyl sites for hydroxylation is 3. The highest BCUT2D eigenvalue weighted by molar-refractivity contribution is 7.99. The normalized spacial score (nSPS) is 11.7. The minimum Gasteiger partial charge on any atom is -0.409 e. The highest BCUT2D eigenvalue weighted by Gasteiger charge is 2.09. The molecule has 0 fully saturated rings. The molecule has 0 spiro atoms. The summed E-state index contributed by atoms with van der Waals surface area (Å²) < 4.78 is 0. The van der Waals surface area contributed by atoms with E-state index in [-0.39, 0.29) is 5.84 Å². The van der Waals surface area contributed by atoms with Gasteiger partial charge in [0, 0.05) is 11.4 Å². The highest BCUT2D eigenvalue weighted by atomic mass is 32.2. The summed E-state index contributed by atoms with van der Waals surface area (Å²) >= 11 is 1.35. The molecule has 0 aromatic carbocycles. The van der Waals surface area contributed by atoms with Gasteiger partial charge in [0.2, 0.25) is 0 Å². The summed E-state index contributed by atoms with van der Waals surface area (Å²) in [4.78, 5) is 13.0. The first-order valence-corrected chi connectivity index (χ1v) is 6.76. The van der Waals surface area contributed by atoms with Gasteiger partial charge in [-0.3, -0.25) is 0 Å². The predicted molar refractivity (Wildman–Crippen MR) is 77.1 cm³/mol. The third-order valence-electron chi connectivity index (χ3n) is 2.47. The van der Waals surface area contributed by atoms with Crippen molar-refractivity contribution >= 4 is 17.6 Å². The molecule has 0 unspecified atom stereocenters. The molecular formula is C13H15N5OS. The summed E-state index contributed by atoms with van der Waals surface area (Å²) in [5.74, 6) is -0.0364. The Bertz CT molecular complexity index is 652. The Balaban J connectivity index is 2.36. The van der Waals surface area contributed by atoms with Crippen LogP contribution in [0.4, 0.5) is 0 Å². The monoisotopic (exact) mass is 289 g/mol. The predicted octanol–water partition coefficient (Wildman–Crippen LogP) is 2.04. The van der Waals surface area contributed by atoms with Crippen LogP contribution in [0, 0.1) is 20.8 Å². The fourth-order valence-corrected chi connectivity index (χ4v) is 2.67. The van der Waals surface area contributed by atoms with Gasteiger partial charge < -0.3 is 10.9 Å². The van der Waals surface area contributed by atoms with Crippen molar-refractivity contribution in [3.8, 4) is 0 Å². The third-order valence-corrected chi connectivity index (χ3v) is 3.26. The van der Waals surface area contributed by atoms with E-state index < -0.39 is 0 Å². The molecule has 0 aliphatic rings. The number of nitrogens with zero attached hydrogens (tertiary/aromatic N) is 4. The summed E-state index contributed by atoms with van der Waals surface area (Å²) in [6.07, 6.45) is 0. The summed E-state index contributed by atoms with van der Waals surface area (Å²) in [6.45, 7) is 5.78. The molecule has 0 amide bonds. The lowest BCUT2D eigenvalue weighted by molar-refractivity contribution is 0.318. The van der Waals surface area contributed by atoms with Gasteiger partial charge in [-0.2, -0.15) is 0 Å². The number of pyridine rings is 1. The van der Waals surface area contributed by atoms with E-state index in [0.29, 0.717) is 10.9 Å². The van der Waals surface area contributed by atoms with E-state index in [1.165, 1.54) is 11.8 Å². The molecule has 0 atom stereocenters. The van der Waals surface area contributed by atoms with Crippen LogP contribution in [0.15, 0.2) is 33.5 Å². The average molecular weight is 289 g/mol. The molecule has 0 aliphatic heterocycles. The molecule has 0 aliphatic carbocycles. The lowest BCUT2D eigenvalue weighted by Crippen LogP contribution is -2.16. The number of rotatable bonds is 3. The second-order valence-corrected chi connectivity index (χ2v) is 5.38. The van der Waals surface area contributed by atoms with Gasteiger partial charge >= 0.3 is 0 Å². The summed E-state index contributed by atoms with van der Waals surface area (Å²) in [5.41, 5.74) is 8.77. The van der Waals surface area contributed by atoms with Crippen LogP contribution in [0.25, 0.3) is 0 Å². The quantitative estimate of drug-likeness (QED) is 0.295. The van der Waals surface area contributed by atoms with Crippen LogP contribution in [-0.4, -0.2) is 26.0 Å². The molecule has 2 aromatic rings. The molecule has 104 valence electrons. The van der Waals surface area contributed by atoms with Gasteiger partial charge in [0.1, 0.15) is 10.7 Å². The maximum Gasteiger partial charge on any atom is 0.194 e.